The van der Waals surface area contributed by atoms with Crippen molar-refractivity contribution >= 4 is 43.4 Å². The molecule has 1 heterocycles. The molecular weight excluding hydrogens is 569 g/mol. The Balaban J connectivity index is 1.05. The molecule has 218 valence electrons. The third kappa shape index (κ3) is 4.12. The van der Waals surface area contributed by atoms with Crippen LogP contribution in [0.2, 0.25) is 0 Å². The van der Waals surface area contributed by atoms with Crippen molar-refractivity contribution in [2.45, 2.75) is 6.42 Å². The third-order valence-electron chi connectivity index (χ3n) is 9.90. The molecule has 0 amide bonds. The summed E-state index contributed by atoms with van der Waals surface area (Å²) in [5.74, 6) is 0. The Morgan fingerprint density at radius 3 is 1.74 bits per heavy atom. The van der Waals surface area contributed by atoms with Gasteiger partial charge in [-0.2, -0.15) is 0 Å². The molecule has 1 aromatic heterocycles. The highest BCUT2D eigenvalue weighted by atomic mass is 14.8. The van der Waals surface area contributed by atoms with Gasteiger partial charge in [-0.05, 0) is 90.7 Å². The minimum absolute atomic E-state index is 0.877. The van der Waals surface area contributed by atoms with Crippen molar-refractivity contribution in [3.8, 4) is 44.6 Å². The minimum Gasteiger partial charge on any atom is -0.252 e. The molecule has 0 spiro atoms. The number of nitrogens with zero attached hydrogens (tertiary/aromatic N) is 2. The first-order valence-corrected chi connectivity index (χ1v) is 16.2. The van der Waals surface area contributed by atoms with Crippen molar-refractivity contribution in [3.05, 3.63) is 169 Å². The molecule has 8 aromatic carbocycles. The van der Waals surface area contributed by atoms with E-state index in [1.165, 1.54) is 60.5 Å². The lowest BCUT2D eigenvalue weighted by Gasteiger charge is -2.12. The van der Waals surface area contributed by atoms with Crippen LogP contribution in [0.3, 0.4) is 0 Å². The van der Waals surface area contributed by atoms with Crippen molar-refractivity contribution in [1.29, 1.82) is 0 Å². The van der Waals surface area contributed by atoms with Gasteiger partial charge < -0.3 is 0 Å². The van der Waals surface area contributed by atoms with E-state index in [9.17, 15) is 0 Å². The minimum atomic E-state index is 0.877. The van der Waals surface area contributed by atoms with Crippen LogP contribution >= 0.6 is 0 Å². The molecule has 2 heteroatoms. The summed E-state index contributed by atoms with van der Waals surface area (Å²) in [6.45, 7) is 0. The van der Waals surface area contributed by atoms with Crippen molar-refractivity contribution in [1.82, 2.24) is 9.97 Å². The van der Waals surface area contributed by atoms with Crippen LogP contribution < -0.4 is 0 Å². The monoisotopic (exact) mass is 596 g/mol. The van der Waals surface area contributed by atoms with Gasteiger partial charge in [0.2, 0.25) is 0 Å². The summed E-state index contributed by atoms with van der Waals surface area (Å²) >= 11 is 0. The number of aromatic nitrogens is 2. The zero-order valence-electron chi connectivity index (χ0n) is 25.6. The molecule has 10 rings (SSSR count). The lowest BCUT2D eigenvalue weighted by Crippen LogP contribution is -1.92. The Bertz CT molecular complexity index is 2690. The summed E-state index contributed by atoms with van der Waals surface area (Å²) in [5.41, 5.74) is 14.3. The second-order valence-corrected chi connectivity index (χ2v) is 12.6. The number of rotatable bonds is 3. The summed E-state index contributed by atoms with van der Waals surface area (Å²) in [7, 11) is 0. The normalized spacial score (nSPS) is 12.2. The summed E-state index contributed by atoms with van der Waals surface area (Å²) < 4.78 is 0. The van der Waals surface area contributed by atoms with E-state index in [-0.39, 0.29) is 0 Å². The van der Waals surface area contributed by atoms with Crippen molar-refractivity contribution in [3.63, 3.8) is 0 Å². The van der Waals surface area contributed by atoms with Gasteiger partial charge in [-0.1, -0.05) is 133 Å². The topological polar surface area (TPSA) is 25.8 Å². The Labute approximate surface area is 272 Å². The van der Waals surface area contributed by atoms with Gasteiger partial charge in [0.15, 0.2) is 0 Å². The molecule has 47 heavy (non-hydrogen) atoms. The van der Waals surface area contributed by atoms with Gasteiger partial charge in [0.1, 0.15) is 0 Å². The predicted octanol–water partition coefficient (Wildman–Crippen LogP) is 11.7. The summed E-state index contributed by atoms with van der Waals surface area (Å²) in [6.07, 6.45) is 2.88. The average molecular weight is 597 g/mol. The van der Waals surface area contributed by atoms with Crippen LogP contribution in [-0.4, -0.2) is 9.97 Å². The van der Waals surface area contributed by atoms with Crippen molar-refractivity contribution in [2.75, 3.05) is 0 Å². The third-order valence-corrected chi connectivity index (χ3v) is 9.90. The lowest BCUT2D eigenvalue weighted by atomic mass is 9.93. The van der Waals surface area contributed by atoms with Gasteiger partial charge in [-0.25, -0.2) is 4.98 Å². The van der Waals surface area contributed by atoms with E-state index in [1.54, 1.807) is 0 Å². The van der Waals surface area contributed by atoms with Crippen LogP contribution in [0.5, 0.6) is 0 Å². The Morgan fingerprint density at radius 2 is 0.979 bits per heavy atom. The second kappa shape index (κ2) is 10.2. The number of benzene rings is 8. The fraction of sp³-hybridized carbons (Fsp3) is 0.0222. The van der Waals surface area contributed by atoms with Crippen molar-refractivity contribution in [2.24, 2.45) is 0 Å². The molecule has 0 radical (unpaired) electrons. The Kier molecular flexibility index (Phi) is 5.67. The highest BCUT2D eigenvalue weighted by Crippen LogP contribution is 2.44. The fourth-order valence-electron chi connectivity index (χ4n) is 7.66. The maximum Gasteiger partial charge on any atom is 0.0979 e. The van der Waals surface area contributed by atoms with Gasteiger partial charge in [-0.15, -0.1) is 0 Å². The van der Waals surface area contributed by atoms with Crippen molar-refractivity contribution < 1.29 is 0 Å². The van der Waals surface area contributed by atoms with Gasteiger partial charge in [0, 0.05) is 16.3 Å². The molecule has 9 aromatic rings. The standard InChI is InChI=1S/C45H28N2/c1-2-11-31-25-41-34(24-28(31)10-1)26-42-35(20-9-21-38(41)42)32-14-7-12-29(22-32)30-13-8-15-33(23-30)43-27-46-44-39-18-5-3-16-36(39)37-17-4-6-19-40(37)45(44)47-43/h1-25,27H,26H2. The van der Waals surface area contributed by atoms with E-state index in [0.717, 1.165) is 45.0 Å². The quantitative estimate of drug-likeness (QED) is 0.190. The second-order valence-electron chi connectivity index (χ2n) is 12.6. The first kappa shape index (κ1) is 26.1. The summed E-state index contributed by atoms with van der Waals surface area (Å²) in [4.78, 5) is 10.2. The molecule has 0 unspecified atom stereocenters. The van der Waals surface area contributed by atoms with Crippen LogP contribution in [0.4, 0.5) is 0 Å². The molecule has 0 N–H and O–H groups in total. The van der Waals surface area contributed by atoms with Crippen LogP contribution in [0.25, 0.3) is 88.0 Å². The molecule has 0 saturated heterocycles. The van der Waals surface area contributed by atoms with Crippen LogP contribution in [-0.2, 0) is 6.42 Å². The maximum absolute atomic E-state index is 5.24. The van der Waals surface area contributed by atoms with Gasteiger partial charge >= 0.3 is 0 Å². The first-order chi connectivity index (χ1) is 23.3. The molecule has 0 saturated carbocycles. The molecule has 0 aliphatic heterocycles. The Morgan fingerprint density at radius 1 is 0.404 bits per heavy atom. The Hall–Kier alpha value is -6.12. The zero-order valence-corrected chi connectivity index (χ0v) is 25.6. The smallest absolute Gasteiger partial charge is 0.0979 e. The van der Waals surface area contributed by atoms with E-state index in [2.05, 4.69) is 152 Å². The van der Waals surface area contributed by atoms with E-state index >= 15 is 0 Å². The zero-order chi connectivity index (χ0) is 30.9. The highest BCUT2D eigenvalue weighted by Gasteiger charge is 2.22. The SMILES string of the molecule is c1cc(-c2cccc(-c3cccc4c3Cc3cc5ccccc5cc3-4)c2)cc(-c2cnc3c4ccccc4c4ccccc4c3n2)c1. The number of hydrogen-bond donors (Lipinski definition) is 0. The first-order valence-electron chi connectivity index (χ1n) is 16.2. The maximum atomic E-state index is 5.24. The largest absolute Gasteiger partial charge is 0.252 e. The summed E-state index contributed by atoms with van der Waals surface area (Å²) in [6, 6.07) is 54.9. The van der Waals surface area contributed by atoms with E-state index in [4.69, 9.17) is 9.97 Å². The average Bonchev–Trinajstić information content (AvgIpc) is 3.51. The van der Waals surface area contributed by atoms with E-state index in [0.29, 0.717) is 0 Å². The fourth-order valence-corrected chi connectivity index (χ4v) is 7.66. The molecular formula is C45H28N2. The summed E-state index contributed by atoms with van der Waals surface area (Å²) in [5, 5.41) is 7.28. The molecule has 1 aliphatic rings. The van der Waals surface area contributed by atoms with Crippen LogP contribution in [0, 0.1) is 0 Å². The van der Waals surface area contributed by atoms with E-state index in [1.807, 2.05) is 6.20 Å². The lowest BCUT2D eigenvalue weighted by molar-refractivity contribution is 1.27. The van der Waals surface area contributed by atoms with Crippen LogP contribution in [0.1, 0.15) is 11.1 Å². The van der Waals surface area contributed by atoms with Gasteiger partial charge in [0.25, 0.3) is 0 Å². The molecule has 0 fully saturated rings. The van der Waals surface area contributed by atoms with E-state index < -0.39 is 0 Å². The van der Waals surface area contributed by atoms with Gasteiger partial charge in [-0.3, -0.25) is 4.98 Å². The molecule has 0 atom stereocenters. The number of hydrogen-bond acceptors (Lipinski definition) is 2. The molecule has 0 bridgehead atoms. The highest BCUT2D eigenvalue weighted by molar-refractivity contribution is 6.23. The molecule has 2 nitrogen and oxygen atoms in total. The molecule has 1 aliphatic carbocycles. The number of fused-ring (bicyclic) bond motifs is 10. The van der Waals surface area contributed by atoms with Gasteiger partial charge in [0.05, 0.1) is 22.9 Å². The van der Waals surface area contributed by atoms with Crippen LogP contribution in [0.15, 0.2) is 158 Å². The predicted molar refractivity (Wildman–Crippen MR) is 197 cm³/mol.